The summed E-state index contributed by atoms with van der Waals surface area (Å²) in [7, 11) is 0. The smallest absolute Gasteiger partial charge is 0.237 e. The first kappa shape index (κ1) is 19.1. The average Bonchev–Trinajstić information content (AvgIpc) is 2.75. The van der Waals surface area contributed by atoms with E-state index in [0.717, 1.165) is 11.1 Å². The Morgan fingerprint density at radius 3 is 2.48 bits per heavy atom. The van der Waals surface area contributed by atoms with Crippen molar-refractivity contribution in [1.82, 2.24) is 4.90 Å². The number of ketones is 1. The number of Topliss-reactive ketones (excluding diaryl/α,β-unsaturated/α-hetero) is 1. The maximum atomic E-state index is 13.9. The lowest BCUT2D eigenvalue weighted by molar-refractivity contribution is -0.145. The number of hydrogen-bond donors (Lipinski definition) is 0. The Balaban J connectivity index is 1.82. The van der Waals surface area contributed by atoms with Gasteiger partial charge in [-0.05, 0) is 41.7 Å². The molecule has 2 aromatic rings. The van der Waals surface area contributed by atoms with Gasteiger partial charge in [-0.25, -0.2) is 4.39 Å². The molecule has 0 aromatic heterocycles. The third kappa shape index (κ3) is 3.05. The maximum absolute atomic E-state index is 13.9. The second-order valence-corrected chi connectivity index (χ2v) is 7.81. The molecule has 0 bridgehead atoms. The monoisotopic (exact) mass is 388 g/mol. The van der Waals surface area contributed by atoms with Gasteiger partial charge in [-0.3, -0.25) is 9.59 Å². The molecule has 0 unspecified atom stereocenters. The maximum Gasteiger partial charge on any atom is 0.237 e. The van der Waals surface area contributed by atoms with E-state index < -0.39 is 11.3 Å². The molecule has 4 nitrogen and oxygen atoms in total. The molecular weight excluding hydrogens is 367 g/mol. The third-order valence-corrected chi connectivity index (χ3v) is 6.25. The summed E-state index contributed by atoms with van der Waals surface area (Å²) in [5.41, 5.74) is 0.643. The van der Waals surface area contributed by atoms with E-state index in [2.05, 4.69) is 0 Å². The van der Waals surface area contributed by atoms with Gasteiger partial charge in [-0.15, -0.1) is 0 Å². The zero-order valence-electron chi connectivity index (χ0n) is 16.1. The number of allylic oxidation sites excluding steroid dienone is 1. The van der Waals surface area contributed by atoms with Gasteiger partial charge in [0.05, 0.1) is 11.0 Å². The van der Waals surface area contributed by atoms with E-state index in [4.69, 9.17) is 0 Å². The van der Waals surface area contributed by atoms with Gasteiger partial charge < -0.3 is 4.90 Å². The molecule has 29 heavy (non-hydrogen) atoms. The molecule has 0 radical (unpaired) electrons. The minimum absolute atomic E-state index is 0.0505. The van der Waals surface area contributed by atoms with Gasteiger partial charge in [-0.1, -0.05) is 49.4 Å². The molecule has 1 aliphatic carbocycles. The summed E-state index contributed by atoms with van der Waals surface area (Å²) in [5, 5.41) is 9.54. The lowest BCUT2D eigenvalue weighted by Crippen LogP contribution is -2.59. The molecule has 5 heteroatoms. The molecule has 2 aliphatic rings. The molecule has 0 saturated carbocycles. The number of likely N-dealkylation sites (tertiary alicyclic amines) is 1. The van der Waals surface area contributed by atoms with Crippen LogP contribution in [-0.2, 0) is 21.5 Å². The van der Waals surface area contributed by atoms with Crippen molar-refractivity contribution in [2.45, 2.75) is 25.3 Å². The Bertz CT molecular complexity index is 1020. The van der Waals surface area contributed by atoms with Crippen LogP contribution in [0.5, 0.6) is 0 Å². The summed E-state index contributed by atoms with van der Waals surface area (Å²) in [4.78, 5) is 28.3. The van der Waals surface area contributed by atoms with Crippen molar-refractivity contribution in [2.24, 2.45) is 11.8 Å². The molecule has 1 fully saturated rings. The van der Waals surface area contributed by atoms with E-state index in [1.165, 1.54) is 12.1 Å². The fraction of sp³-hybridized carbons (Fsp3) is 0.292. The van der Waals surface area contributed by atoms with Crippen molar-refractivity contribution in [3.8, 4) is 6.07 Å². The molecule has 1 aliphatic heterocycles. The summed E-state index contributed by atoms with van der Waals surface area (Å²) < 4.78 is 13.3. The van der Waals surface area contributed by atoms with Crippen LogP contribution in [0.15, 0.2) is 66.2 Å². The molecule has 4 rings (SSSR count). The fourth-order valence-electron chi connectivity index (χ4n) is 4.77. The number of carbonyl (C=O) groups is 2. The first-order valence-electron chi connectivity index (χ1n) is 9.74. The first-order valence-corrected chi connectivity index (χ1v) is 9.74. The number of nitrogens with zero attached hydrogens (tertiary/aromatic N) is 2. The molecule has 0 spiro atoms. The topological polar surface area (TPSA) is 61.2 Å². The van der Waals surface area contributed by atoms with Crippen LogP contribution in [0.1, 0.15) is 24.5 Å². The number of nitriles is 1. The molecular formula is C24H21FN2O2. The van der Waals surface area contributed by atoms with Gasteiger partial charge >= 0.3 is 0 Å². The Morgan fingerprint density at radius 2 is 1.83 bits per heavy atom. The highest BCUT2D eigenvalue weighted by atomic mass is 19.1. The van der Waals surface area contributed by atoms with Gasteiger partial charge in [0.2, 0.25) is 5.91 Å². The van der Waals surface area contributed by atoms with Crippen LogP contribution in [0.25, 0.3) is 0 Å². The summed E-state index contributed by atoms with van der Waals surface area (Å²) in [6.07, 6.45) is 2.25. The quantitative estimate of drug-likeness (QED) is 0.804. The van der Waals surface area contributed by atoms with Crippen molar-refractivity contribution in [3.05, 3.63) is 83.2 Å². The molecule has 3 atom stereocenters. The second-order valence-electron chi connectivity index (χ2n) is 7.81. The van der Waals surface area contributed by atoms with Gasteiger partial charge in [0.25, 0.3) is 0 Å². The number of amides is 1. The lowest BCUT2D eigenvalue weighted by Gasteiger charge is -2.50. The van der Waals surface area contributed by atoms with E-state index >= 15 is 0 Å². The number of fused-ring (bicyclic) bond motifs is 1. The largest absolute Gasteiger partial charge is 0.337 e. The normalized spacial score (nSPS) is 26.5. The van der Waals surface area contributed by atoms with Crippen LogP contribution in [0.3, 0.4) is 0 Å². The molecule has 1 saturated heterocycles. The number of carbonyl (C=O) groups excluding carboxylic acids is 2. The highest BCUT2D eigenvalue weighted by molar-refractivity contribution is 6.06. The van der Waals surface area contributed by atoms with Crippen LogP contribution >= 0.6 is 0 Å². The summed E-state index contributed by atoms with van der Waals surface area (Å²) in [6, 6.07) is 17.5. The van der Waals surface area contributed by atoms with E-state index in [0.29, 0.717) is 19.5 Å². The SMILES string of the molecule is C[C@@H]1C(=O)C(C#N)=C[C@]2(c3ccccc3)C(=O)N(Cc3ccc(F)cc3)CC[C@@H]12. The van der Waals surface area contributed by atoms with Crippen LogP contribution in [-0.4, -0.2) is 23.1 Å². The molecule has 146 valence electrons. The standard InChI is InChI=1S/C24H21FN2O2/c1-16-21-11-12-27(15-17-7-9-20(25)10-8-17)23(29)24(21,13-18(14-26)22(16)28)19-5-3-2-4-6-19/h2-10,13,16,21H,11-12,15H2,1H3/t16-,21-,24+/m0/s1. The van der Waals surface area contributed by atoms with E-state index in [-0.39, 0.29) is 29.0 Å². The number of benzene rings is 2. The number of rotatable bonds is 3. The Morgan fingerprint density at radius 1 is 1.14 bits per heavy atom. The van der Waals surface area contributed by atoms with E-state index in [9.17, 15) is 19.2 Å². The predicted octanol–water partition coefficient (Wildman–Crippen LogP) is 3.78. The fourth-order valence-corrected chi connectivity index (χ4v) is 4.77. The first-order chi connectivity index (χ1) is 14.0. The second kappa shape index (κ2) is 7.29. The van der Waals surface area contributed by atoms with E-state index in [1.807, 2.05) is 43.3 Å². The average molecular weight is 388 g/mol. The van der Waals surface area contributed by atoms with Crippen LogP contribution in [0.2, 0.25) is 0 Å². The zero-order valence-corrected chi connectivity index (χ0v) is 16.1. The van der Waals surface area contributed by atoms with Crippen LogP contribution < -0.4 is 0 Å². The highest BCUT2D eigenvalue weighted by Gasteiger charge is 2.56. The van der Waals surface area contributed by atoms with Crippen molar-refractivity contribution >= 4 is 11.7 Å². The lowest BCUT2D eigenvalue weighted by atomic mass is 9.57. The van der Waals surface area contributed by atoms with Crippen molar-refractivity contribution in [3.63, 3.8) is 0 Å². The van der Waals surface area contributed by atoms with Crippen molar-refractivity contribution in [2.75, 3.05) is 6.54 Å². The minimum atomic E-state index is -1.04. The number of hydrogen-bond acceptors (Lipinski definition) is 3. The van der Waals surface area contributed by atoms with Crippen molar-refractivity contribution < 1.29 is 14.0 Å². The Kier molecular flexibility index (Phi) is 4.79. The molecule has 0 N–H and O–H groups in total. The van der Waals surface area contributed by atoms with Gasteiger partial charge in [0.15, 0.2) is 5.78 Å². The van der Waals surface area contributed by atoms with Crippen LogP contribution in [0, 0.1) is 29.0 Å². The molecule has 1 amide bonds. The Hall–Kier alpha value is -3.26. The highest BCUT2D eigenvalue weighted by Crippen LogP contribution is 2.49. The molecule has 1 heterocycles. The summed E-state index contributed by atoms with van der Waals surface area (Å²) >= 11 is 0. The Labute approximate surface area is 169 Å². The summed E-state index contributed by atoms with van der Waals surface area (Å²) in [5.74, 6) is -1.24. The zero-order chi connectivity index (χ0) is 20.6. The van der Waals surface area contributed by atoms with E-state index in [1.54, 1.807) is 23.1 Å². The summed E-state index contributed by atoms with van der Waals surface area (Å²) in [6.45, 7) is 2.69. The molecule has 2 aromatic carbocycles. The number of halogens is 1. The number of piperidine rings is 1. The predicted molar refractivity (Wildman–Crippen MR) is 106 cm³/mol. The van der Waals surface area contributed by atoms with Gasteiger partial charge in [-0.2, -0.15) is 5.26 Å². The van der Waals surface area contributed by atoms with Gasteiger partial charge in [0.1, 0.15) is 11.9 Å². The van der Waals surface area contributed by atoms with Crippen molar-refractivity contribution in [1.29, 1.82) is 5.26 Å². The third-order valence-electron chi connectivity index (χ3n) is 6.25. The minimum Gasteiger partial charge on any atom is -0.337 e. The van der Waals surface area contributed by atoms with Crippen LogP contribution in [0.4, 0.5) is 4.39 Å². The van der Waals surface area contributed by atoms with Gasteiger partial charge in [0, 0.05) is 19.0 Å².